The Labute approximate surface area is 107 Å². The van der Waals surface area contributed by atoms with Crippen molar-refractivity contribution in [2.75, 3.05) is 0 Å². The molecule has 0 radical (unpaired) electrons. The summed E-state index contributed by atoms with van der Waals surface area (Å²) in [7, 11) is 0. The van der Waals surface area contributed by atoms with Gasteiger partial charge < -0.3 is 5.11 Å². The summed E-state index contributed by atoms with van der Waals surface area (Å²) in [6, 6.07) is 5.39. The molecule has 0 aromatic heterocycles. The second kappa shape index (κ2) is 5.39. The quantitative estimate of drug-likeness (QED) is 0.855. The molecule has 0 bridgehead atoms. The Bertz CT molecular complexity index is 361. The normalized spacial score (nSPS) is 13.9. The van der Waals surface area contributed by atoms with E-state index in [1.807, 2.05) is 6.07 Å². The van der Waals surface area contributed by atoms with E-state index in [0.29, 0.717) is 16.5 Å². The van der Waals surface area contributed by atoms with E-state index in [4.69, 9.17) is 23.2 Å². The molecule has 1 nitrogen and oxygen atoms in total. The topological polar surface area (TPSA) is 20.2 Å². The monoisotopic (exact) mass is 260 g/mol. The second-order valence-electron chi connectivity index (χ2n) is 4.80. The van der Waals surface area contributed by atoms with E-state index >= 15 is 0 Å². The number of aliphatic hydroxyl groups is 1. The molecule has 3 heteroatoms. The van der Waals surface area contributed by atoms with Gasteiger partial charge in [-0.2, -0.15) is 0 Å². The van der Waals surface area contributed by atoms with Crippen molar-refractivity contribution in [2.45, 2.75) is 39.7 Å². The molecule has 90 valence electrons. The van der Waals surface area contributed by atoms with Crippen LogP contribution >= 0.6 is 23.2 Å². The van der Waals surface area contributed by atoms with Gasteiger partial charge >= 0.3 is 0 Å². The largest absolute Gasteiger partial charge is 0.392 e. The average molecular weight is 261 g/mol. The highest BCUT2D eigenvalue weighted by molar-refractivity contribution is 6.35. The average Bonchev–Trinajstić information content (AvgIpc) is 2.22. The molecule has 0 amide bonds. The summed E-state index contributed by atoms with van der Waals surface area (Å²) in [5, 5.41) is 11.4. The highest BCUT2D eigenvalue weighted by Gasteiger charge is 2.26. The minimum atomic E-state index is -0.392. The maximum Gasteiger partial charge on any atom is 0.0631 e. The Morgan fingerprint density at radius 1 is 1.31 bits per heavy atom. The van der Waals surface area contributed by atoms with Crippen LogP contribution in [0, 0.1) is 5.41 Å². The summed E-state index contributed by atoms with van der Waals surface area (Å²) in [5.74, 6) is 0. The van der Waals surface area contributed by atoms with Crippen LogP contribution in [0.4, 0.5) is 0 Å². The van der Waals surface area contributed by atoms with E-state index in [1.54, 1.807) is 12.1 Å². The fourth-order valence-corrected chi connectivity index (χ4v) is 1.89. The number of rotatable bonds is 4. The zero-order chi connectivity index (χ0) is 12.3. The summed E-state index contributed by atoms with van der Waals surface area (Å²) < 4.78 is 0. The van der Waals surface area contributed by atoms with Crippen molar-refractivity contribution in [3.8, 4) is 0 Å². The van der Waals surface area contributed by atoms with E-state index < -0.39 is 6.10 Å². The van der Waals surface area contributed by atoms with Gasteiger partial charge in [0.05, 0.1) is 6.10 Å². The van der Waals surface area contributed by atoms with Crippen LogP contribution in [0.2, 0.25) is 10.0 Å². The maximum absolute atomic E-state index is 10.1. The van der Waals surface area contributed by atoms with Crippen LogP contribution in [-0.2, 0) is 6.42 Å². The molecule has 0 heterocycles. The number of aliphatic hydroxyl groups excluding tert-OH is 1. The summed E-state index contributed by atoms with van der Waals surface area (Å²) in [6.07, 6.45) is 1.10. The van der Waals surface area contributed by atoms with Crippen molar-refractivity contribution in [3.05, 3.63) is 33.8 Å². The fourth-order valence-electron chi connectivity index (χ4n) is 1.41. The lowest BCUT2D eigenvalue weighted by molar-refractivity contribution is 0.0480. The second-order valence-corrected chi connectivity index (χ2v) is 5.64. The minimum Gasteiger partial charge on any atom is -0.392 e. The molecular weight excluding hydrogens is 243 g/mol. The molecule has 1 N–H and O–H groups in total. The van der Waals surface area contributed by atoms with Crippen LogP contribution < -0.4 is 0 Å². The van der Waals surface area contributed by atoms with Crippen LogP contribution in [0.15, 0.2) is 18.2 Å². The highest BCUT2D eigenvalue weighted by Crippen LogP contribution is 2.30. The zero-order valence-electron chi connectivity index (χ0n) is 9.93. The van der Waals surface area contributed by atoms with E-state index in [9.17, 15) is 5.11 Å². The molecule has 1 aromatic rings. The predicted octanol–water partition coefficient (Wildman–Crippen LogP) is 4.33. The standard InChI is InChI=1S/C13H18Cl2O/c1-4-13(2,3)12(16)7-9-5-6-10(14)8-11(9)15/h5-6,8,12,16H,4,7H2,1-3H3. The van der Waals surface area contributed by atoms with Gasteiger partial charge in [0.15, 0.2) is 0 Å². The molecule has 0 saturated carbocycles. The molecule has 0 aliphatic rings. The summed E-state index contributed by atoms with van der Waals surface area (Å²) in [6.45, 7) is 6.19. The van der Waals surface area contributed by atoms with Gasteiger partial charge in [0.25, 0.3) is 0 Å². The number of hydrogen-bond donors (Lipinski definition) is 1. The summed E-state index contributed by atoms with van der Waals surface area (Å²) in [5.41, 5.74) is 0.850. The van der Waals surface area contributed by atoms with Crippen molar-refractivity contribution in [1.82, 2.24) is 0 Å². The third-order valence-electron chi connectivity index (χ3n) is 3.24. The first-order chi connectivity index (χ1) is 7.36. The van der Waals surface area contributed by atoms with Gasteiger partial charge in [-0.1, -0.05) is 50.0 Å². The third kappa shape index (κ3) is 3.38. The van der Waals surface area contributed by atoms with Crippen LogP contribution in [0.5, 0.6) is 0 Å². The Balaban J connectivity index is 2.81. The molecule has 0 aliphatic carbocycles. The first-order valence-electron chi connectivity index (χ1n) is 5.49. The van der Waals surface area contributed by atoms with Crippen molar-refractivity contribution in [3.63, 3.8) is 0 Å². The smallest absolute Gasteiger partial charge is 0.0631 e. The van der Waals surface area contributed by atoms with Crippen molar-refractivity contribution < 1.29 is 5.11 Å². The number of halogens is 2. The fraction of sp³-hybridized carbons (Fsp3) is 0.538. The van der Waals surface area contributed by atoms with E-state index in [0.717, 1.165) is 12.0 Å². The van der Waals surface area contributed by atoms with Gasteiger partial charge in [-0.15, -0.1) is 0 Å². The van der Waals surface area contributed by atoms with E-state index in [1.165, 1.54) is 0 Å². The van der Waals surface area contributed by atoms with Gasteiger partial charge in [-0.05, 0) is 29.5 Å². The van der Waals surface area contributed by atoms with Gasteiger partial charge in [0.1, 0.15) is 0 Å². The SMILES string of the molecule is CCC(C)(C)C(O)Cc1ccc(Cl)cc1Cl. The molecule has 0 saturated heterocycles. The van der Waals surface area contributed by atoms with Crippen LogP contribution in [0.1, 0.15) is 32.8 Å². The Hall–Kier alpha value is -0.240. The van der Waals surface area contributed by atoms with Crippen LogP contribution in [-0.4, -0.2) is 11.2 Å². The Morgan fingerprint density at radius 3 is 2.44 bits per heavy atom. The van der Waals surface area contributed by atoms with Gasteiger partial charge in [-0.25, -0.2) is 0 Å². The lowest BCUT2D eigenvalue weighted by Crippen LogP contribution is -2.30. The highest BCUT2D eigenvalue weighted by atomic mass is 35.5. The molecule has 0 spiro atoms. The van der Waals surface area contributed by atoms with Gasteiger partial charge in [-0.3, -0.25) is 0 Å². The van der Waals surface area contributed by atoms with Crippen molar-refractivity contribution in [1.29, 1.82) is 0 Å². The minimum absolute atomic E-state index is 0.0943. The lowest BCUT2D eigenvalue weighted by atomic mass is 9.81. The number of benzene rings is 1. The molecule has 1 rings (SSSR count). The number of hydrogen-bond acceptors (Lipinski definition) is 1. The maximum atomic E-state index is 10.1. The van der Waals surface area contributed by atoms with E-state index in [-0.39, 0.29) is 5.41 Å². The Kier molecular flexibility index (Phi) is 4.66. The molecule has 1 atom stereocenters. The molecule has 0 aliphatic heterocycles. The molecule has 16 heavy (non-hydrogen) atoms. The van der Waals surface area contributed by atoms with Gasteiger partial charge in [0.2, 0.25) is 0 Å². The van der Waals surface area contributed by atoms with E-state index in [2.05, 4.69) is 20.8 Å². The van der Waals surface area contributed by atoms with Gasteiger partial charge in [0, 0.05) is 16.5 Å². The van der Waals surface area contributed by atoms with Crippen LogP contribution in [0.25, 0.3) is 0 Å². The predicted molar refractivity (Wildman–Crippen MR) is 70.2 cm³/mol. The lowest BCUT2D eigenvalue weighted by Gasteiger charge is -2.29. The van der Waals surface area contributed by atoms with Crippen molar-refractivity contribution in [2.24, 2.45) is 5.41 Å². The third-order valence-corrected chi connectivity index (χ3v) is 3.83. The molecule has 1 unspecified atom stereocenters. The summed E-state index contributed by atoms with van der Waals surface area (Å²) >= 11 is 11.9. The Morgan fingerprint density at radius 2 is 1.94 bits per heavy atom. The first kappa shape index (κ1) is 13.8. The summed E-state index contributed by atoms with van der Waals surface area (Å²) in [4.78, 5) is 0. The van der Waals surface area contributed by atoms with Crippen molar-refractivity contribution >= 4 is 23.2 Å². The molecular formula is C13H18Cl2O. The van der Waals surface area contributed by atoms with Crippen LogP contribution in [0.3, 0.4) is 0 Å². The molecule has 1 aromatic carbocycles. The first-order valence-corrected chi connectivity index (χ1v) is 6.24. The molecule has 0 fully saturated rings. The zero-order valence-corrected chi connectivity index (χ0v) is 11.4.